The minimum absolute atomic E-state index is 0.0560. The van der Waals surface area contributed by atoms with Gasteiger partial charge in [0.2, 0.25) is 5.89 Å². The molecule has 0 aliphatic carbocycles. The molecule has 6 heteroatoms. The average Bonchev–Trinajstić information content (AvgIpc) is 3.08. The molecule has 1 aliphatic rings. The lowest BCUT2D eigenvalue weighted by Gasteiger charge is -2.22. The zero-order valence-electron chi connectivity index (χ0n) is 11.8. The van der Waals surface area contributed by atoms with Crippen molar-refractivity contribution in [1.29, 1.82) is 0 Å². The molecular weight excluding hydrogens is 274 g/mol. The molecule has 3 heterocycles. The fraction of sp³-hybridized carbons (Fsp3) is 0.500. The first-order valence-corrected chi connectivity index (χ1v) is 7.56. The van der Waals surface area contributed by atoms with Crippen LogP contribution >= 0.6 is 11.3 Å². The number of aryl methyl sites for hydroxylation is 3. The highest BCUT2D eigenvalue weighted by atomic mass is 32.1. The molecule has 3 rings (SSSR count). The van der Waals surface area contributed by atoms with Crippen LogP contribution in [0.4, 0.5) is 0 Å². The van der Waals surface area contributed by atoms with E-state index in [2.05, 4.69) is 10.1 Å². The van der Waals surface area contributed by atoms with E-state index in [4.69, 9.17) is 4.52 Å². The Morgan fingerprint density at radius 3 is 2.85 bits per heavy atom. The van der Waals surface area contributed by atoms with Gasteiger partial charge in [0, 0.05) is 23.2 Å². The molecule has 5 nitrogen and oxygen atoms in total. The third kappa shape index (κ3) is 2.24. The van der Waals surface area contributed by atoms with Crippen LogP contribution in [0.2, 0.25) is 0 Å². The van der Waals surface area contributed by atoms with E-state index in [9.17, 15) is 4.79 Å². The summed E-state index contributed by atoms with van der Waals surface area (Å²) in [6.45, 7) is 6.54. The molecule has 0 saturated carbocycles. The van der Waals surface area contributed by atoms with Gasteiger partial charge in [-0.15, -0.1) is 11.3 Å². The molecule has 1 saturated heterocycles. The quantitative estimate of drug-likeness (QED) is 0.853. The Hall–Kier alpha value is -1.69. The maximum atomic E-state index is 12.7. The second-order valence-electron chi connectivity index (χ2n) is 5.16. The van der Waals surface area contributed by atoms with E-state index in [1.54, 1.807) is 18.3 Å². The lowest BCUT2D eigenvalue weighted by Crippen LogP contribution is -2.31. The van der Waals surface area contributed by atoms with Crippen molar-refractivity contribution < 1.29 is 9.32 Å². The zero-order chi connectivity index (χ0) is 14.3. The number of carbonyl (C=O) groups is 1. The van der Waals surface area contributed by atoms with Crippen molar-refractivity contribution in [3.63, 3.8) is 0 Å². The molecule has 1 amide bonds. The lowest BCUT2D eigenvalue weighted by atomic mass is 10.1. The summed E-state index contributed by atoms with van der Waals surface area (Å²) >= 11 is 1.66. The van der Waals surface area contributed by atoms with E-state index in [0.717, 1.165) is 34.7 Å². The Balaban J connectivity index is 1.89. The van der Waals surface area contributed by atoms with E-state index in [0.29, 0.717) is 11.7 Å². The van der Waals surface area contributed by atoms with Crippen LogP contribution in [0.15, 0.2) is 10.6 Å². The molecule has 0 bridgehead atoms. The van der Waals surface area contributed by atoms with Crippen molar-refractivity contribution in [2.45, 2.75) is 39.7 Å². The van der Waals surface area contributed by atoms with Gasteiger partial charge in [-0.3, -0.25) is 4.79 Å². The number of likely N-dealkylation sites (tertiary alicyclic amines) is 1. The van der Waals surface area contributed by atoms with Crippen LogP contribution in [0.5, 0.6) is 0 Å². The number of hydrogen-bond donors (Lipinski definition) is 0. The summed E-state index contributed by atoms with van der Waals surface area (Å²) in [5, 5.41) is 3.97. The first-order valence-electron chi connectivity index (χ1n) is 6.74. The Morgan fingerprint density at radius 2 is 2.25 bits per heavy atom. The van der Waals surface area contributed by atoms with E-state index >= 15 is 0 Å². The van der Waals surface area contributed by atoms with Crippen molar-refractivity contribution >= 4 is 17.2 Å². The molecule has 1 unspecified atom stereocenters. The minimum atomic E-state index is -0.0560. The predicted octanol–water partition coefficient (Wildman–Crippen LogP) is 3.03. The van der Waals surface area contributed by atoms with Crippen molar-refractivity contribution in [1.82, 2.24) is 15.0 Å². The Morgan fingerprint density at radius 1 is 1.45 bits per heavy atom. The predicted molar refractivity (Wildman–Crippen MR) is 75.8 cm³/mol. The van der Waals surface area contributed by atoms with E-state index in [-0.39, 0.29) is 11.9 Å². The first kappa shape index (κ1) is 13.3. The van der Waals surface area contributed by atoms with Crippen LogP contribution in [0.1, 0.15) is 50.7 Å². The van der Waals surface area contributed by atoms with Gasteiger partial charge in [-0.25, -0.2) is 0 Å². The lowest BCUT2D eigenvalue weighted by molar-refractivity contribution is 0.0728. The molecular formula is C14H17N3O2S. The summed E-state index contributed by atoms with van der Waals surface area (Å²) in [6.07, 6.45) is 1.87. The summed E-state index contributed by atoms with van der Waals surface area (Å²) in [5.41, 5.74) is 0.805. The van der Waals surface area contributed by atoms with Gasteiger partial charge in [0.15, 0.2) is 5.82 Å². The summed E-state index contributed by atoms with van der Waals surface area (Å²) in [5.74, 6) is 1.25. The molecule has 0 aromatic carbocycles. The molecule has 20 heavy (non-hydrogen) atoms. The van der Waals surface area contributed by atoms with Gasteiger partial charge >= 0.3 is 0 Å². The Labute approximate surface area is 121 Å². The van der Waals surface area contributed by atoms with E-state index in [1.807, 2.05) is 24.8 Å². The number of aromatic nitrogens is 2. The first-order chi connectivity index (χ1) is 9.56. The number of rotatable bonds is 2. The van der Waals surface area contributed by atoms with Crippen LogP contribution in [-0.4, -0.2) is 27.5 Å². The van der Waals surface area contributed by atoms with Gasteiger partial charge in [-0.2, -0.15) is 4.98 Å². The van der Waals surface area contributed by atoms with Gasteiger partial charge in [0.05, 0.1) is 11.6 Å². The van der Waals surface area contributed by atoms with Crippen LogP contribution in [-0.2, 0) is 0 Å². The smallest absolute Gasteiger partial charge is 0.255 e. The molecule has 0 spiro atoms. The Bertz CT molecular complexity index is 647. The minimum Gasteiger partial charge on any atom is -0.340 e. The summed E-state index contributed by atoms with van der Waals surface area (Å²) in [6, 6.07) is 1.92. The Kier molecular flexibility index (Phi) is 3.33. The van der Waals surface area contributed by atoms with Crippen LogP contribution in [0.3, 0.4) is 0 Å². The number of hydrogen-bond acceptors (Lipinski definition) is 5. The van der Waals surface area contributed by atoms with Gasteiger partial charge in [0.25, 0.3) is 5.91 Å². The summed E-state index contributed by atoms with van der Waals surface area (Å²) < 4.78 is 5.04. The molecule has 1 atom stereocenters. The van der Waals surface area contributed by atoms with Gasteiger partial charge in [-0.05, 0) is 32.8 Å². The van der Waals surface area contributed by atoms with E-state index < -0.39 is 0 Å². The van der Waals surface area contributed by atoms with Crippen molar-refractivity contribution in [3.8, 4) is 0 Å². The monoisotopic (exact) mass is 291 g/mol. The molecule has 2 aromatic heterocycles. The van der Waals surface area contributed by atoms with Crippen molar-refractivity contribution in [2.75, 3.05) is 6.54 Å². The maximum absolute atomic E-state index is 12.7. The van der Waals surface area contributed by atoms with E-state index in [1.165, 1.54) is 0 Å². The molecule has 1 fully saturated rings. The molecule has 0 radical (unpaired) electrons. The molecule has 2 aromatic rings. The second-order valence-corrected chi connectivity index (χ2v) is 6.62. The van der Waals surface area contributed by atoms with Crippen LogP contribution < -0.4 is 0 Å². The highest BCUT2D eigenvalue weighted by molar-refractivity contribution is 7.12. The average molecular weight is 291 g/mol. The second kappa shape index (κ2) is 5.01. The molecule has 106 valence electrons. The van der Waals surface area contributed by atoms with Gasteiger partial charge in [0.1, 0.15) is 0 Å². The third-order valence-corrected chi connectivity index (χ3v) is 4.59. The largest absolute Gasteiger partial charge is 0.340 e. The van der Waals surface area contributed by atoms with Crippen LogP contribution in [0, 0.1) is 20.8 Å². The topological polar surface area (TPSA) is 59.2 Å². The summed E-state index contributed by atoms with van der Waals surface area (Å²) in [4.78, 5) is 21.1. The number of nitrogens with zero attached hydrogens (tertiary/aromatic N) is 3. The normalized spacial score (nSPS) is 18.8. The van der Waals surface area contributed by atoms with Crippen molar-refractivity contribution in [2.24, 2.45) is 0 Å². The van der Waals surface area contributed by atoms with Gasteiger partial charge < -0.3 is 9.42 Å². The highest BCUT2D eigenvalue weighted by Crippen LogP contribution is 2.33. The number of thiophene rings is 1. The highest BCUT2D eigenvalue weighted by Gasteiger charge is 2.34. The molecule has 1 aliphatic heterocycles. The number of carbonyl (C=O) groups excluding carboxylic acids is 1. The standard InChI is InChI=1S/C14H17N3O2S/c1-8-7-11(9(2)20-8)14(18)17-6-4-5-12(17)13-15-10(3)19-16-13/h7,12H,4-6H2,1-3H3. The number of amides is 1. The maximum Gasteiger partial charge on any atom is 0.255 e. The third-order valence-electron chi connectivity index (χ3n) is 3.63. The fourth-order valence-electron chi connectivity index (χ4n) is 2.73. The SMILES string of the molecule is Cc1nc(C2CCCN2C(=O)c2cc(C)sc2C)no1. The van der Waals surface area contributed by atoms with Crippen molar-refractivity contribution in [3.05, 3.63) is 33.1 Å². The van der Waals surface area contributed by atoms with Crippen LogP contribution in [0.25, 0.3) is 0 Å². The fourth-order valence-corrected chi connectivity index (χ4v) is 3.64. The zero-order valence-corrected chi connectivity index (χ0v) is 12.7. The summed E-state index contributed by atoms with van der Waals surface area (Å²) in [7, 11) is 0. The molecule has 0 N–H and O–H groups in total. The van der Waals surface area contributed by atoms with Gasteiger partial charge in [-0.1, -0.05) is 5.16 Å².